The van der Waals surface area contributed by atoms with E-state index in [0.717, 1.165) is 54.4 Å². The minimum absolute atomic E-state index is 0.0889. The summed E-state index contributed by atoms with van der Waals surface area (Å²) in [5, 5.41) is 3.90. The predicted octanol–water partition coefficient (Wildman–Crippen LogP) is 4.66. The molecule has 1 fully saturated rings. The van der Waals surface area contributed by atoms with Gasteiger partial charge in [-0.2, -0.15) is 0 Å². The minimum Gasteiger partial charge on any atom is -0.491 e. The normalized spacial score (nSPS) is 15.6. The lowest BCUT2D eigenvalue weighted by Crippen LogP contribution is -2.40. The molecule has 1 saturated heterocycles. The molecule has 5 heteroatoms. The SMILES string of the molecule is CC(C)Oc1ccc(CNC(=O)C2CCN(Cc3ccccc3Cl)CC2)cc1. The van der Waals surface area contributed by atoms with Crippen LogP contribution in [0.4, 0.5) is 0 Å². The zero-order valence-corrected chi connectivity index (χ0v) is 17.4. The van der Waals surface area contributed by atoms with Gasteiger partial charge in [0.2, 0.25) is 5.91 Å². The van der Waals surface area contributed by atoms with Gasteiger partial charge in [0.05, 0.1) is 6.10 Å². The molecule has 1 aliphatic rings. The number of amides is 1. The molecule has 1 aliphatic heterocycles. The van der Waals surface area contributed by atoms with E-state index < -0.39 is 0 Å². The molecule has 1 heterocycles. The lowest BCUT2D eigenvalue weighted by Gasteiger charge is -2.31. The van der Waals surface area contributed by atoms with Gasteiger partial charge in [0.25, 0.3) is 0 Å². The van der Waals surface area contributed by atoms with E-state index in [0.29, 0.717) is 6.54 Å². The van der Waals surface area contributed by atoms with Crippen molar-refractivity contribution in [3.05, 3.63) is 64.7 Å². The molecule has 0 bridgehead atoms. The van der Waals surface area contributed by atoms with Crippen molar-refractivity contribution in [3.8, 4) is 5.75 Å². The molecular formula is C23H29ClN2O2. The van der Waals surface area contributed by atoms with E-state index in [9.17, 15) is 4.79 Å². The Labute approximate surface area is 172 Å². The number of likely N-dealkylation sites (tertiary alicyclic amines) is 1. The third-order valence-corrected chi connectivity index (χ3v) is 5.44. The van der Waals surface area contributed by atoms with Crippen LogP contribution in [0.15, 0.2) is 48.5 Å². The number of benzene rings is 2. The Morgan fingerprint density at radius 2 is 1.82 bits per heavy atom. The van der Waals surface area contributed by atoms with Crippen LogP contribution in [0.1, 0.15) is 37.8 Å². The Kier molecular flexibility index (Phi) is 7.35. The van der Waals surface area contributed by atoms with E-state index >= 15 is 0 Å². The number of carbonyl (C=O) groups excluding carboxylic acids is 1. The van der Waals surface area contributed by atoms with Gasteiger partial charge in [-0.25, -0.2) is 0 Å². The molecule has 28 heavy (non-hydrogen) atoms. The van der Waals surface area contributed by atoms with Gasteiger partial charge >= 0.3 is 0 Å². The highest BCUT2D eigenvalue weighted by Crippen LogP contribution is 2.22. The standard InChI is InChI=1S/C23H29ClN2O2/c1-17(2)28-21-9-7-18(8-10-21)15-25-23(27)19-11-13-26(14-12-19)16-20-5-3-4-6-22(20)24/h3-10,17,19H,11-16H2,1-2H3,(H,25,27). The van der Waals surface area contributed by atoms with Gasteiger partial charge in [-0.15, -0.1) is 0 Å². The van der Waals surface area contributed by atoms with Crippen LogP contribution in [0.2, 0.25) is 5.02 Å². The second kappa shape index (κ2) is 9.94. The molecule has 0 saturated carbocycles. The summed E-state index contributed by atoms with van der Waals surface area (Å²) in [6, 6.07) is 15.9. The van der Waals surface area contributed by atoms with E-state index in [2.05, 4.69) is 16.3 Å². The van der Waals surface area contributed by atoms with Crippen LogP contribution in [0, 0.1) is 5.92 Å². The average molecular weight is 401 g/mol. The van der Waals surface area contributed by atoms with Crippen molar-refractivity contribution < 1.29 is 9.53 Å². The Morgan fingerprint density at radius 3 is 2.46 bits per heavy atom. The molecule has 2 aromatic rings. The predicted molar refractivity (Wildman–Crippen MR) is 114 cm³/mol. The van der Waals surface area contributed by atoms with E-state index in [4.69, 9.17) is 16.3 Å². The number of carbonyl (C=O) groups is 1. The second-order valence-electron chi connectivity index (χ2n) is 7.67. The largest absolute Gasteiger partial charge is 0.491 e. The molecule has 0 radical (unpaired) electrons. The van der Waals surface area contributed by atoms with Crippen molar-refractivity contribution in [2.45, 2.75) is 45.9 Å². The summed E-state index contributed by atoms with van der Waals surface area (Å²) in [6.45, 7) is 7.26. The quantitative estimate of drug-likeness (QED) is 0.735. The molecular weight excluding hydrogens is 372 g/mol. The topological polar surface area (TPSA) is 41.6 Å². The summed E-state index contributed by atoms with van der Waals surface area (Å²) < 4.78 is 5.65. The summed E-state index contributed by atoms with van der Waals surface area (Å²) in [7, 11) is 0. The smallest absolute Gasteiger partial charge is 0.223 e. The maximum atomic E-state index is 12.5. The van der Waals surface area contributed by atoms with Crippen molar-refractivity contribution in [2.24, 2.45) is 5.92 Å². The Hall–Kier alpha value is -2.04. The molecule has 0 spiro atoms. The van der Waals surface area contributed by atoms with Crippen LogP contribution < -0.4 is 10.1 Å². The molecule has 1 amide bonds. The number of piperidine rings is 1. The number of halogens is 1. The first-order valence-electron chi connectivity index (χ1n) is 10.0. The first-order valence-corrected chi connectivity index (χ1v) is 10.4. The van der Waals surface area contributed by atoms with Gasteiger partial charge in [0.1, 0.15) is 5.75 Å². The lowest BCUT2D eigenvalue weighted by molar-refractivity contribution is -0.126. The number of nitrogens with one attached hydrogen (secondary N) is 1. The maximum absolute atomic E-state index is 12.5. The summed E-state index contributed by atoms with van der Waals surface area (Å²) in [4.78, 5) is 14.9. The fourth-order valence-electron chi connectivity index (χ4n) is 3.51. The molecule has 0 atom stereocenters. The second-order valence-corrected chi connectivity index (χ2v) is 8.08. The van der Waals surface area contributed by atoms with Gasteiger partial charge < -0.3 is 10.1 Å². The summed E-state index contributed by atoms with van der Waals surface area (Å²) >= 11 is 6.26. The first-order chi connectivity index (χ1) is 13.5. The van der Waals surface area contributed by atoms with Gasteiger partial charge in [0, 0.05) is 24.0 Å². The van der Waals surface area contributed by atoms with Crippen LogP contribution in [0.25, 0.3) is 0 Å². The number of nitrogens with zero attached hydrogens (tertiary/aromatic N) is 1. The van der Waals surface area contributed by atoms with Gasteiger partial charge in [-0.05, 0) is 69.1 Å². The first kappa shape index (κ1) is 20.7. The Balaban J connectivity index is 1.42. The molecule has 150 valence electrons. The summed E-state index contributed by atoms with van der Waals surface area (Å²) in [5.41, 5.74) is 2.23. The van der Waals surface area contributed by atoms with Gasteiger partial charge in [-0.3, -0.25) is 9.69 Å². The molecule has 3 rings (SSSR count). The van der Waals surface area contributed by atoms with E-state index in [1.165, 1.54) is 0 Å². The van der Waals surface area contributed by atoms with Crippen molar-refractivity contribution in [1.29, 1.82) is 0 Å². The highest BCUT2D eigenvalue weighted by molar-refractivity contribution is 6.31. The number of hydrogen-bond acceptors (Lipinski definition) is 3. The zero-order valence-electron chi connectivity index (χ0n) is 16.7. The highest BCUT2D eigenvalue weighted by Gasteiger charge is 2.25. The Bertz CT molecular complexity index is 768. The molecule has 0 aromatic heterocycles. The maximum Gasteiger partial charge on any atom is 0.223 e. The van der Waals surface area contributed by atoms with Crippen molar-refractivity contribution in [2.75, 3.05) is 13.1 Å². The highest BCUT2D eigenvalue weighted by atomic mass is 35.5. The zero-order chi connectivity index (χ0) is 19.9. The minimum atomic E-state index is 0.0889. The average Bonchev–Trinajstić information content (AvgIpc) is 2.69. The van der Waals surface area contributed by atoms with Crippen LogP contribution in [-0.4, -0.2) is 30.0 Å². The van der Waals surface area contributed by atoms with E-state index in [-0.39, 0.29) is 17.9 Å². The van der Waals surface area contributed by atoms with Crippen molar-refractivity contribution in [1.82, 2.24) is 10.2 Å². The van der Waals surface area contributed by atoms with Crippen LogP contribution in [0.3, 0.4) is 0 Å². The van der Waals surface area contributed by atoms with Crippen LogP contribution >= 0.6 is 11.6 Å². The number of rotatable bonds is 7. The fraction of sp³-hybridized carbons (Fsp3) is 0.435. The third kappa shape index (κ3) is 5.98. The number of hydrogen-bond donors (Lipinski definition) is 1. The fourth-order valence-corrected chi connectivity index (χ4v) is 3.71. The molecule has 0 aliphatic carbocycles. The van der Waals surface area contributed by atoms with Crippen LogP contribution in [0.5, 0.6) is 5.75 Å². The van der Waals surface area contributed by atoms with Crippen molar-refractivity contribution >= 4 is 17.5 Å². The third-order valence-electron chi connectivity index (χ3n) is 5.07. The summed E-state index contributed by atoms with van der Waals surface area (Å²) in [6.07, 6.45) is 1.93. The Morgan fingerprint density at radius 1 is 1.14 bits per heavy atom. The van der Waals surface area contributed by atoms with Crippen LogP contribution in [-0.2, 0) is 17.9 Å². The van der Waals surface area contributed by atoms with Crippen molar-refractivity contribution in [3.63, 3.8) is 0 Å². The molecule has 4 nitrogen and oxygen atoms in total. The molecule has 2 aromatic carbocycles. The molecule has 0 unspecified atom stereocenters. The van der Waals surface area contributed by atoms with E-state index in [1.807, 2.05) is 56.3 Å². The van der Waals surface area contributed by atoms with Gasteiger partial charge in [0.15, 0.2) is 0 Å². The number of ether oxygens (including phenoxy) is 1. The van der Waals surface area contributed by atoms with E-state index in [1.54, 1.807) is 0 Å². The lowest BCUT2D eigenvalue weighted by atomic mass is 9.95. The molecule has 1 N–H and O–H groups in total. The van der Waals surface area contributed by atoms with Gasteiger partial charge in [-0.1, -0.05) is 41.9 Å². The monoisotopic (exact) mass is 400 g/mol. The summed E-state index contributed by atoms with van der Waals surface area (Å²) in [5.74, 6) is 1.10.